The fraction of sp³-hybridized carbons (Fsp3) is 0.933. The van der Waals surface area contributed by atoms with E-state index in [1.54, 1.807) is 13.8 Å². The van der Waals surface area contributed by atoms with Gasteiger partial charge in [-0.05, 0) is 26.7 Å². The standard InChI is InChI=1S/C15H29N3O4S/c1-15(2,20)12-16-7-9-17(10-8-16)14(19)13-5-4-6-18(11-13)23(3,21)22/h13,20H,4-12H2,1-3H3/t13-/m0/s1. The number of carbonyl (C=O) groups is 1. The second kappa shape index (κ2) is 7.04. The van der Waals surface area contributed by atoms with Gasteiger partial charge in [-0.15, -0.1) is 0 Å². The van der Waals surface area contributed by atoms with E-state index in [2.05, 4.69) is 4.90 Å². The number of hydrogen-bond donors (Lipinski definition) is 1. The zero-order chi connectivity index (χ0) is 17.3. The van der Waals surface area contributed by atoms with E-state index >= 15 is 0 Å². The third-order valence-electron chi connectivity index (χ3n) is 4.50. The van der Waals surface area contributed by atoms with Crippen molar-refractivity contribution in [1.29, 1.82) is 0 Å². The zero-order valence-corrected chi connectivity index (χ0v) is 15.2. The van der Waals surface area contributed by atoms with Crippen molar-refractivity contribution in [2.45, 2.75) is 32.3 Å². The predicted octanol–water partition coefficient (Wildman–Crippen LogP) is -0.427. The average Bonchev–Trinajstić information content (AvgIpc) is 2.45. The van der Waals surface area contributed by atoms with E-state index in [4.69, 9.17) is 0 Å². The Labute approximate surface area is 139 Å². The van der Waals surface area contributed by atoms with Gasteiger partial charge in [0.15, 0.2) is 0 Å². The number of sulfonamides is 1. The average molecular weight is 347 g/mol. The first-order chi connectivity index (χ1) is 10.6. The fourth-order valence-electron chi connectivity index (χ4n) is 3.38. The highest BCUT2D eigenvalue weighted by Crippen LogP contribution is 2.21. The zero-order valence-electron chi connectivity index (χ0n) is 14.4. The molecule has 1 N–H and O–H groups in total. The summed E-state index contributed by atoms with van der Waals surface area (Å²) < 4.78 is 24.8. The molecule has 7 nitrogen and oxygen atoms in total. The van der Waals surface area contributed by atoms with Crippen LogP contribution in [0.4, 0.5) is 0 Å². The molecule has 2 aliphatic heterocycles. The summed E-state index contributed by atoms with van der Waals surface area (Å²) in [5.74, 6) is -0.152. The van der Waals surface area contributed by atoms with E-state index < -0.39 is 15.6 Å². The van der Waals surface area contributed by atoms with Gasteiger partial charge in [-0.2, -0.15) is 0 Å². The van der Waals surface area contributed by atoms with E-state index in [-0.39, 0.29) is 11.8 Å². The Morgan fingerprint density at radius 2 is 1.78 bits per heavy atom. The Balaban J connectivity index is 1.87. The monoisotopic (exact) mass is 347 g/mol. The van der Waals surface area contributed by atoms with E-state index in [1.165, 1.54) is 10.6 Å². The minimum absolute atomic E-state index is 0.0706. The highest BCUT2D eigenvalue weighted by atomic mass is 32.2. The largest absolute Gasteiger partial charge is 0.389 e. The third kappa shape index (κ3) is 5.41. The van der Waals surface area contributed by atoms with E-state index in [9.17, 15) is 18.3 Å². The van der Waals surface area contributed by atoms with Crippen LogP contribution in [0.5, 0.6) is 0 Å². The summed E-state index contributed by atoms with van der Waals surface area (Å²) in [5.41, 5.74) is -0.731. The third-order valence-corrected chi connectivity index (χ3v) is 5.77. The van der Waals surface area contributed by atoms with Crippen molar-refractivity contribution in [1.82, 2.24) is 14.1 Å². The lowest BCUT2D eigenvalue weighted by Crippen LogP contribution is -2.54. The number of nitrogens with zero attached hydrogens (tertiary/aromatic N) is 3. The number of β-amino-alcohol motifs (C(OH)–C–C–N with tert-alkyl or cyclic N) is 1. The molecule has 0 aromatic rings. The molecule has 0 unspecified atom stereocenters. The molecule has 1 amide bonds. The summed E-state index contributed by atoms with van der Waals surface area (Å²) in [6.45, 7) is 7.77. The number of carbonyl (C=O) groups excluding carboxylic acids is 1. The maximum atomic E-state index is 12.7. The first kappa shape index (κ1) is 18.6. The van der Waals surface area contributed by atoms with Crippen LogP contribution in [0.25, 0.3) is 0 Å². The Bertz CT molecular complexity index is 521. The number of aliphatic hydroxyl groups is 1. The molecule has 0 aromatic heterocycles. The maximum Gasteiger partial charge on any atom is 0.227 e. The fourth-order valence-corrected chi connectivity index (χ4v) is 4.29. The van der Waals surface area contributed by atoms with Gasteiger partial charge in [-0.25, -0.2) is 12.7 Å². The van der Waals surface area contributed by atoms with Gasteiger partial charge in [0.05, 0.1) is 17.8 Å². The molecule has 2 saturated heterocycles. The first-order valence-electron chi connectivity index (χ1n) is 8.25. The number of piperazine rings is 1. The van der Waals surface area contributed by atoms with Crippen LogP contribution in [0.15, 0.2) is 0 Å². The lowest BCUT2D eigenvalue weighted by molar-refractivity contribution is -0.138. The topological polar surface area (TPSA) is 81.2 Å². The van der Waals surface area contributed by atoms with E-state index in [1.807, 2.05) is 4.90 Å². The summed E-state index contributed by atoms with van der Waals surface area (Å²) in [4.78, 5) is 16.7. The van der Waals surface area contributed by atoms with Crippen LogP contribution in [-0.4, -0.2) is 91.2 Å². The Kier molecular flexibility index (Phi) is 5.71. The van der Waals surface area contributed by atoms with Crippen molar-refractivity contribution in [3.05, 3.63) is 0 Å². The maximum absolute atomic E-state index is 12.7. The van der Waals surface area contributed by atoms with Gasteiger partial charge < -0.3 is 10.0 Å². The SMILES string of the molecule is CC(C)(O)CN1CCN(C(=O)[C@H]2CCCN(S(C)(=O)=O)C2)CC1. The molecule has 0 saturated carbocycles. The molecular weight excluding hydrogens is 318 g/mol. The summed E-state index contributed by atoms with van der Waals surface area (Å²) in [6.07, 6.45) is 2.70. The van der Waals surface area contributed by atoms with E-state index in [0.717, 1.165) is 25.9 Å². The van der Waals surface area contributed by atoms with Gasteiger partial charge in [-0.3, -0.25) is 9.69 Å². The van der Waals surface area contributed by atoms with Gasteiger partial charge in [0, 0.05) is 45.8 Å². The summed E-state index contributed by atoms with van der Waals surface area (Å²) in [6, 6.07) is 0. The van der Waals surface area contributed by atoms with Crippen molar-refractivity contribution in [2.75, 3.05) is 52.1 Å². The Morgan fingerprint density at radius 3 is 2.30 bits per heavy atom. The van der Waals surface area contributed by atoms with Gasteiger partial charge in [-0.1, -0.05) is 0 Å². The van der Waals surface area contributed by atoms with Crippen LogP contribution in [-0.2, 0) is 14.8 Å². The van der Waals surface area contributed by atoms with Crippen LogP contribution >= 0.6 is 0 Å². The number of rotatable bonds is 4. The van der Waals surface area contributed by atoms with Gasteiger partial charge in [0.25, 0.3) is 0 Å². The van der Waals surface area contributed by atoms with Gasteiger partial charge >= 0.3 is 0 Å². The van der Waals surface area contributed by atoms with Gasteiger partial charge in [0.1, 0.15) is 0 Å². The van der Waals surface area contributed by atoms with Crippen molar-refractivity contribution in [3.8, 4) is 0 Å². The molecule has 0 bridgehead atoms. The lowest BCUT2D eigenvalue weighted by atomic mass is 9.97. The molecule has 23 heavy (non-hydrogen) atoms. The highest BCUT2D eigenvalue weighted by Gasteiger charge is 2.34. The number of hydrogen-bond acceptors (Lipinski definition) is 5. The second-order valence-corrected chi connectivity index (χ2v) is 9.36. The predicted molar refractivity (Wildman–Crippen MR) is 88.5 cm³/mol. The highest BCUT2D eigenvalue weighted by molar-refractivity contribution is 7.88. The smallest absolute Gasteiger partial charge is 0.227 e. The van der Waals surface area contributed by atoms with Crippen molar-refractivity contribution >= 4 is 15.9 Å². The normalized spacial score (nSPS) is 25.6. The molecule has 0 spiro atoms. The van der Waals surface area contributed by atoms with Crippen molar-refractivity contribution < 1.29 is 18.3 Å². The molecule has 2 fully saturated rings. The lowest BCUT2D eigenvalue weighted by Gasteiger charge is -2.39. The van der Waals surface area contributed by atoms with E-state index in [0.29, 0.717) is 32.7 Å². The molecule has 1 atom stereocenters. The van der Waals surface area contributed by atoms with Crippen LogP contribution in [0.1, 0.15) is 26.7 Å². The number of amides is 1. The minimum atomic E-state index is -3.23. The van der Waals surface area contributed by atoms with Crippen molar-refractivity contribution in [3.63, 3.8) is 0 Å². The molecule has 2 heterocycles. The van der Waals surface area contributed by atoms with Crippen LogP contribution < -0.4 is 0 Å². The molecule has 2 aliphatic rings. The molecule has 2 rings (SSSR count). The second-order valence-electron chi connectivity index (χ2n) is 7.37. The molecule has 8 heteroatoms. The minimum Gasteiger partial charge on any atom is -0.389 e. The Hall–Kier alpha value is -0.700. The van der Waals surface area contributed by atoms with Gasteiger partial charge in [0.2, 0.25) is 15.9 Å². The van der Waals surface area contributed by atoms with Crippen LogP contribution in [0.3, 0.4) is 0 Å². The summed E-state index contributed by atoms with van der Waals surface area (Å²) >= 11 is 0. The molecule has 134 valence electrons. The first-order valence-corrected chi connectivity index (χ1v) is 10.1. The van der Waals surface area contributed by atoms with Crippen LogP contribution in [0, 0.1) is 5.92 Å². The van der Waals surface area contributed by atoms with Crippen molar-refractivity contribution in [2.24, 2.45) is 5.92 Å². The van der Waals surface area contributed by atoms with Crippen LogP contribution in [0.2, 0.25) is 0 Å². The Morgan fingerprint density at radius 1 is 1.17 bits per heavy atom. The molecular formula is C15H29N3O4S. The quantitative estimate of drug-likeness (QED) is 0.747. The summed E-state index contributed by atoms with van der Waals surface area (Å²) in [5, 5.41) is 9.87. The molecule has 0 aliphatic carbocycles. The summed E-state index contributed by atoms with van der Waals surface area (Å²) in [7, 11) is -3.23. The molecule has 0 aromatic carbocycles. The number of piperidine rings is 1. The molecule has 0 radical (unpaired) electrons.